The van der Waals surface area contributed by atoms with Crippen molar-refractivity contribution in [3.05, 3.63) is 65.0 Å². The summed E-state index contributed by atoms with van der Waals surface area (Å²) in [6.07, 6.45) is -9.29. The average molecular weight is 656 g/mol. The number of nitrogens with zero attached hydrogens (tertiary/aromatic N) is 1. The molecule has 1 saturated heterocycles. The van der Waals surface area contributed by atoms with E-state index in [9.17, 15) is 48.3 Å². The normalized spacial score (nSPS) is 22.8. The molecule has 0 aromatic heterocycles. The lowest BCUT2D eigenvalue weighted by Gasteiger charge is -2.43. The molecule has 5 rings (SSSR count). The smallest absolute Gasteiger partial charge is 0.435 e. The number of aryl methyl sites for hydroxylation is 1. The van der Waals surface area contributed by atoms with Gasteiger partial charge in [-0.25, -0.2) is 17.2 Å². The fourth-order valence-electron chi connectivity index (χ4n) is 6.92. The van der Waals surface area contributed by atoms with Crippen molar-refractivity contribution in [2.45, 2.75) is 85.1 Å². The van der Waals surface area contributed by atoms with Gasteiger partial charge in [-0.3, -0.25) is 9.59 Å². The third-order valence-corrected chi connectivity index (χ3v) is 11.4. The number of hydrogen-bond acceptors (Lipinski definition) is 4. The lowest BCUT2D eigenvalue weighted by atomic mass is 9.76. The van der Waals surface area contributed by atoms with Gasteiger partial charge in [-0.2, -0.15) is 26.3 Å². The van der Waals surface area contributed by atoms with Gasteiger partial charge >= 0.3 is 18.0 Å². The predicted molar refractivity (Wildman–Crippen MR) is 140 cm³/mol. The molecule has 0 bridgehead atoms. The van der Waals surface area contributed by atoms with E-state index in [1.165, 1.54) is 11.0 Å². The summed E-state index contributed by atoms with van der Waals surface area (Å²) in [5, 5.41) is 6.89. The van der Waals surface area contributed by atoms with Crippen LogP contribution in [0.15, 0.2) is 47.4 Å². The standard InChI is InChI=1S/C28H27F8NO3S.CH2O2/c29-20-7-4-8-21(16-20)41(39,40)25-13-14-37(24(38)17-5-2-1-3-6-17)23(25)12-9-18-15-19(10-11-22(18)25)26(30,27(31,32)33)28(34,35)36;2-1-3/h4,7-8,10-11,15-17,23H,1-3,5-6,9,12-14H2;1H,(H,2,3). The topological polar surface area (TPSA) is 91.8 Å². The number of fused-ring (bicyclic) bond motifs is 3. The van der Waals surface area contributed by atoms with Gasteiger partial charge in [0, 0.05) is 18.0 Å². The number of carbonyl (C=O) groups is 2. The van der Waals surface area contributed by atoms with Crippen LogP contribution in [-0.2, 0) is 36.3 Å². The first kappa shape index (κ1) is 33.7. The molecule has 1 saturated carbocycles. The molecule has 1 N–H and O–H groups in total. The maximum absolute atomic E-state index is 14.9. The van der Waals surface area contributed by atoms with E-state index >= 15 is 0 Å². The van der Waals surface area contributed by atoms with Gasteiger partial charge in [0.05, 0.1) is 10.9 Å². The Hall–Kier alpha value is -3.23. The van der Waals surface area contributed by atoms with Gasteiger partial charge in [-0.05, 0) is 61.4 Å². The number of carbonyl (C=O) groups excluding carboxylic acids is 1. The molecule has 0 spiro atoms. The molecule has 2 aromatic carbocycles. The quantitative estimate of drug-likeness (QED) is 0.296. The van der Waals surface area contributed by atoms with Crippen LogP contribution in [0.3, 0.4) is 0 Å². The van der Waals surface area contributed by atoms with E-state index in [1.807, 2.05) is 0 Å². The number of amides is 1. The summed E-state index contributed by atoms with van der Waals surface area (Å²) in [4.78, 5) is 23.0. The van der Waals surface area contributed by atoms with Gasteiger partial charge in [-0.15, -0.1) is 0 Å². The van der Waals surface area contributed by atoms with Crippen molar-refractivity contribution < 1.29 is 58.2 Å². The van der Waals surface area contributed by atoms with Crippen molar-refractivity contribution in [1.82, 2.24) is 4.90 Å². The first-order chi connectivity index (χ1) is 20.5. The number of carboxylic acid groups (broad SMARTS) is 1. The highest BCUT2D eigenvalue weighted by atomic mass is 32.2. The summed E-state index contributed by atoms with van der Waals surface area (Å²) in [5.74, 6) is -1.44. The number of likely N-dealkylation sites (tertiary alicyclic amines) is 1. The predicted octanol–water partition coefficient (Wildman–Crippen LogP) is 6.61. The highest BCUT2D eigenvalue weighted by Gasteiger charge is 2.74. The maximum atomic E-state index is 14.9. The molecule has 1 heterocycles. The number of sulfone groups is 1. The summed E-state index contributed by atoms with van der Waals surface area (Å²) >= 11 is 0. The van der Waals surface area contributed by atoms with E-state index in [4.69, 9.17) is 9.90 Å². The van der Waals surface area contributed by atoms with Crippen LogP contribution in [0.25, 0.3) is 0 Å². The molecule has 1 aliphatic heterocycles. The van der Waals surface area contributed by atoms with Gasteiger partial charge in [0.1, 0.15) is 10.6 Å². The van der Waals surface area contributed by atoms with Crippen LogP contribution in [0.5, 0.6) is 0 Å². The minimum Gasteiger partial charge on any atom is -0.483 e. The van der Waals surface area contributed by atoms with Gasteiger partial charge in [-0.1, -0.05) is 43.5 Å². The average Bonchev–Trinajstić information content (AvgIpc) is 3.37. The number of rotatable bonds is 4. The molecule has 2 aliphatic carbocycles. The Bertz CT molecular complexity index is 1490. The fraction of sp³-hybridized carbons (Fsp3) is 0.517. The Morgan fingerprint density at radius 3 is 2.11 bits per heavy atom. The second kappa shape index (κ2) is 11.9. The largest absolute Gasteiger partial charge is 0.483 e. The van der Waals surface area contributed by atoms with Crippen LogP contribution in [0, 0.1) is 11.7 Å². The first-order valence-corrected chi connectivity index (χ1v) is 15.3. The lowest BCUT2D eigenvalue weighted by Crippen LogP contribution is -2.53. The van der Waals surface area contributed by atoms with Gasteiger partial charge in [0.15, 0.2) is 9.84 Å². The van der Waals surface area contributed by atoms with E-state index in [1.54, 1.807) is 0 Å². The van der Waals surface area contributed by atoms with Gasteiger partial charge < -0.3 is 10.0 Å². The minimum absolute atomic E-state index is 0.0200. The van der Waals surface area contributed by atoms with Crippen molar-refractivity contribution in [3.63, 3.8) is 0 Å². The Morgan fingerprint density at radius 1 is 0.932 bits per heavy atom. The third-order valence-electron chi connectivity index (χ3n) is 8.89. The Labute approximate surface area is 248 Å². The molecule has 15 heteroatoms. The summed E-state index contributed by atoms with van der Waals surface area (Å²) in [5.41, 5.74) is -7.69. The highest BCUT2D eigenvalue weighted by Crippen LogP contribution is 2.57. The maximum Gasteiger partial charge on any atom is 0.435 e. The van der Waals surface area contributed by atoms with Crippen LogP contribution < -0.4 is 0 Å². The molecule has 2 atom stereocenters. The van der Waals surface area contributed by atoms with Crippen LogP contribution in [0.2, 0.25) is 0 Å². The zero-order valence-electron chi connectivity index (χ0n) is 23.1. The Balaban J connectivity index is 0.00000141. The molecule has 2 fully saturated rings. The van der Waals surface area contributed by atoms with Crippen LogP contribution in [0.4, 0.5) is 35.1 Å². The monoisotopic (exact) mass is 655 g/mol. The molecule has 0 radical (unpaired) electrons. The third kappa shape index (κ3) is 5.34. The zero-order chi connectivity index (χ0) is 32.7. The van der Waals surface area contributed by atoms with Crippen molar-refractivity contribution >= 4 is 22.2 Å². The number of halogens is 8. The number of benzene rings is 2. The van der Waals surface area contributed by atoms with Gasteiger partial charge in [0.2, 0.25) is 5.91 Å². The molecule has 3 aliphatic rings. The van der Waals surface area contributed by atoms with Crippen molar-refractivity contribution in [3.8, 4) is 0 Å². The minimum atomic E-state index is -6.33. The van der Waals surface area contributed by atoms with E-state index in [-0.39, 0.29) is 55.2 Å². The highest BCUT2D eigenvalue weighted by molar-refractivity contribution is 7.92. The molecular formula is C29H29F8NO5S. The summed E-state index contributed by atoms with van der Waals surface area (Å²) in [7, 11) is -4.57. The van der Waals surface area contributed by atoms with Crippen molar-refractivity contribution in [2.24, 2.45) is 5.92 Å². The van der Waals surface area contributed by atoms with Crippen LogP contribution in [0.1, 0.15) is 61.6 Å². The molecule has 1 amide bonds. The number of hydrogen-bond donors (Lipinski definition) is 1. The van der Waals surface area contributed by atoms with E-state index in [0.29, 0.717) is 25.0 Å². The van der Waals surface area contributed by atoms with E-state index in [0.717, 1.165) is 43.5 Å². The second-order valence-electron chi connectivity index (χ2n) is 11.2. The molecular weight excluding hydrogens is 626 g/mol. The van der Waals surface area contributed by atoms with Crippen LogP contribution >= 0.6 is 0 Å². The van der Waals surface area contributed by atoms with Crippen molar-refractivity contribution in [1.29, 1.82) is 0 Å². The molecule has 2 aromatic rings. The van der Waals surface area contributed by atoms with E-state index in [2.05, 4.69) is 0 Å². The molecule has 6 nitrogen and oxygen atoms in total. The Morgan fingerprint density at radius 2 is 1.55 bits per heavy atom. The number of alkyl halides is 7. The molecule has 44 heavy (non-hydrogen) atoms. The summed E-state index contributed by atoms with van der Waals surface area (Å²) in [6.45, 7) is -0.270. The van der Waals surface area contributed by atoms with Crippen LogP contribution in [-0.4, -0.2) is 55.7 Å². The SMILES string of the molecule is O=C(C1CCCCC1)N1CCC2(S(=O)(=O)c3cccc(F)c3)c3ccc(C(F)(C(F)(F)F)C(F)(F)F)cc3CCC12.O=CO. The molecule has 242 valence electrons. The summed E-state index contributed by atoms with van der Waals surface area (Å²) < 4.78 is 137. The van der Waals surface area contributed by atoms with Gasteiger partial charge in [0.25, 0.3) is 6.47 Å². The lowest BCUT2D eigenvalue weighted by molar-refractivity contribution is -0.348. The first-order valence-electron chi connectivity index (χ1n) is 13.8. The second-order valence-corrected chi connectivity index (χ2v) is 13.4. The van der Waals surface area contributed by atoms with E-state index < -0.39 is 54.9 Å². The zero-order valence-corrected chi connectivity index (χ0v) is 23.9. The Kier molecular flexibility index (Phi) is 9.13. The molecule has 2 unspecified atom stereocenters. The van der Waals surface area contributed by atoms with Crippen molar-refractivity contribution in [2.75, 3.05) is 6.54 Å². The fourth-order valence-corrected chi connectivity index (χ4v) is 9.32. The summed E-state index contributed by atoms with van der Waals surface area (Å²) in [6, 6.07) is 4.69.